The van der Waals surface area contributed by atoms with E-state index in [-0.39, 0.29) is 53.2 Å². The molecule has 12 nitrogen and oxygen atoms in total. The second-order valence-electron chi connectivity index (χ2n) is 11.3. The highest BCUT2D eigenvalue weighted by atomic mass is 19.1. The van der Waals surface area contributed by atoms with Gasteiger partial charge in [0.25, 0.3) is 0 Å². The van der Waals surface area contributed by atoms with Crippen molar-refractivity contribution in [2.24, 2.45) is 7.05 Å². The number of halogens is 2. The Labute approximate surface area is 229 Å². The SMILES string of the molecule is Cn1c(=O)nnn1-c1cc(Nc2ncc(F)c(N[C@@H]3C[C@@H]4CCCN4C(C)(C)C3)n2)c(F)cc1OCC1CCO1. The highest BCUT2D eigenvalue weighted by Crippen LogP contribution is 2.39. The van der Waals surface area contributed by atoms with Gasteiger partial charge < -0.3 is 20.1 Å². The maximum atomic E-state index is 15.3. The number of anilines is 3. The quantitative estimate of drug-likeness (QED) is 0.427. The molecule has 0 saturated carbocycles. The van der Waals surface area contributed by atoms with Crippen molar-refractivity contribution in [1.29, 1.82) is 0 Å². The standard InChI is InChI=1S/C26H33F2N9O3/c1-26(2)12-15(9-16-5-4-7-36(16)26)30-23-19(28)13-29-24(32-23)31-20-11-21(37-34-33-25(38)35(37)3)22(10-18(20)27)40-14-17-6-8-39-17/h10-11,13,15-17H,4-9,12,14H2,1-3H3,(H2,29,30,31,32)/t15-,16+,17?/m1/s1. The van der Waals surface area contributed by atoms with E-state index in [1.807, 2.05) is 0 Å². The van der Waals surface area contributed by atoms with Crippen LogP contribution < -0.4 is 21.1 Å². The van der Waals surface area contributed by atoms with E-state index in [0.717, 1.165) is 43.1 Å². The van der Waals surface area contributed by atoms with Crippen molar-refractivity contribution in [3.05, 3.63) is 40.4 Å². The van der Waals surface area contributed by atoms with Crippen molar-refractivity contribution in [2.45, 2.75) is 69.7 Å². The van der Waals surface area contributed by atoms with Gasteiger partial charge in [0.1, 0.15) is 18.0 Å². The molecule has 3 aromatic rings. The number of hydrogen-bond donors (Lipinski definition) is 2. The van der Waals surface area contributed by atoms with Gasteiger partial charge in [0.05, 0.1) is 18.0 Å². The third-order valence-electron chi connectivity index (χ3n) is 8.05. The monoisotopic (exact) mass is 557 g/mol. The molecular weight excluding hydrogens is 524 g/mol. The molecular formula is C26H33F2N9O3. The zero-order valence-corrected chi connectivity index (χ0v) is 22.7. The second-order valence-corrected chi connectivity index (χ2v) is 11.3. The Morgan fingerprint density at radius 1 is 1.23 bits per heavy atom. The van der Waals surface area contributed by atoms with E-state index in [4.69, 9.17) is 9.47 Å². The van der Waals surface area contributed by atoms with Gasteiger partial charge in [-0.1, -0.05) is 5.10 Å². The molecule has 6 rings (SSSR count). The molecule has 214 valence electrons. The third kappa shape index (κ3) is 5.12. The molecule has 2 aromatic heterocycles. The summed E-state index contributed by atoms with van der Waals surface area (Å²) in [4.78, 5) is 24.1. The van der Waals surface area contributed by atoms with E-state index in [2.05, 4.69) is 49.7 Å². The fourth-order valence-electron chi connectivity index (χ4n) is 5.97. The minimum absolute atomic E-state index is 0.00275. The molecule has 0 radical (unpaired) electrons. The first-order valence-corrected chi connectivity index (χ1v) is 13.6. The van der Waals surface area contributed by atoms with Crippen LogP contribution in [-0.4, -0.2) is 78.1 Å². The number of piperidine rings is 1. The van der Waals surface area contributed by atoms with Crippen LogP contribution in [0.15, 0.2) is 23.1 Å². The lowest BCUT2D eigenvalue weighted by molar-refractivity contribution is -0.0721. The van der Waals surface area contributed by atoms with Crippen molar-refractivity contribution in [1.82, 2.24) is 34.7 Å². The molecule has 5 heterocycles. The van der Waals surface area contributed by atoms with Crippen LogP contribution >= 0.6 is 0 Å². The molecule has 0 amide bonds. The molecule has 3 aliphatic rings. The lowest BCUT2D eigenvalue weighted by Gasteiger charge is -2.47. The molecule has 0 spiro atoms. The minimum Gasteiger partial charge on any atom is -0.488 e. The highest BCUT2D eigenvalue weighted by molar-refractivity contribution is 5.63. The van der Waals surface area contributed by atoms with Gasteiger partial charge in [-0.05, 0) is 57.4 Å². The third-order valence-corrected chi connectivity index (χ3v) is 8.05. The molecule has 14 heteroatoms. The Hall–Kier alpha value is -3.65. The van der Waals surface area contributed by atoms with Crippen LogP contribution in [0.1, 0.15) is 46.0 Å². The smallest absolute Gasteiger partial charge is 0.383 e. The number of rotatable bonds is 8. The first kappa shape index (κ1) is 26.6. The summed E-state index contributed by atoms with van der Waals surface area (Å²) >= 11 is 0. The van der Waals surface area contributed by atoms with Gasteiger partial charge in [-0.3, -0.25) is 4.90 Å². The zero-order chi connectivity index (χ0) is 28.0. The molecule has 0 aliphatic carbocycles. The van der Waals surface area contributed by atoms with Gasteiger partial charge in [-0.25, -0.2) is 23.2 Å². The zero-order valence-electron chi connectivity index (χ0n) is 22.7. The lowest BCUT2D eigenvalue weighted by atomic mass is 9.84. The van der Waals surface area contributed by atoms with Crippen LogP contribution in [0.3, 0.4) is 0 Å². The summed E-state index contributed by atoms with van der Waals surface area (Å²) in [6.45, 7) is 6.41. The number of fused-ring (bicyclic) bond motifs is 1. The largest absolute Gasteiger partial charge is 0.488 e. The lowest BCUT2D eigenvalue weighted by Crippen LogP contribution is -2.55. The van der Waals surface area contributed by atoms with Gasteiger partial charge in [0.2, 0.25) is 5.95 Å². The molecule has 3 atom stereocenters. The number of tetrazole rings is 1. The van der Waals surface area contributed by atoms with Crippen molar-refractivity contribution < 1.29 is 18.3 Å². The van der Waals surface area contributed by atoms with E-state index >= 15 is 4.39 Å². The van der Waals surface area contributed by atoms with E-state index in [1.54, 1.807) is 0 Å². The fourth-order valence-corrected chi connectivity index (χ4v) is 5.97. The summed E-state index contributed by atoms with van der Waals surface area (Å²) in [6, 6.07) is 3.10. The molecule has 3 saturated heterocycles. The number of benzene rings is 1. The summed E-state index contributed by atoms with van der Waals surface area (Å²) < 4.78 is 42.5. The second kappa shape index (κ2) is 10.4. The minimum atomic E-state index is -0.656. The van der Waals surface area contributed by atoms with E-state index in [9.17, 15) is 9.18 Å². The summed E-state index contributed by atoms with van der Waals surface area (Å²) in [5, 5.41) is 13.5. The molecule has 3 fully saturated rings. The summed E-state index contributed by atoms with van der Waals surface area (Å²) in [5.41, 5.74) is -0.331. The Morgan fingerprint density at radius 3 is 2.77 bits per heavy atom. The number of aromatic nitrogens is 6. The summed E-state index contributed by atoms with van der Waals surface area (Å²) in [5.74, 6) is -1.02. The Balaban J connectivity index is 1.25. The number of hydrogen-bond acceptors (Lipinski definition) is 10. The van der Waals surface area contributed by atoms with E-state index in [0.29, 0.717) is 12.6 Å². The van der Waals surface area contributed by atoms with Gasteiger partial charge >= 0.3 is 5.69 Å². The average molecular weight is 558 g/mol. The first-order valence-electron chi connectivity index (χ1n) is 13.6. The van der Waals surface area contributed by atoms with Crippen LogP contribution in [0.5, 0.6) is 5.75 Å². The van der Waals surface area contributed by atoms with Crippen molar-refractivity contribution in [3.63, 3.8) is 0 Å². The number of nitrogens with one attached hydrogen (secondary N) is 2. The summed E-state index contributed by atoms with van der Waals surface area (Å²) in [6.07, 6.45) is 5.87. The van der Waals surface area contributed by atoms with Crippen LogP contribution in [-0.2, 0) is 11.8 Å². The van der Waals surface area contributed by atoms with Crippen molar-refractivity contribution in [2.75, 3.05) is 30.4 Å². The maximum absolute atomic E-state index is 15.3. The molecule has 2 N–H and O–H groups in total. The number of ether oxygens (including phenoxy) is 2. The van der Waals surface area contributed by atoms with Crippen LogP contribution in [0, 0.1) is 11.6 Å². The predicted octanol–water partition coefficient (Wildman–Crippen LogP) is 2.76. The highest BCUT2D eigenvalue weighted by Gasteiger charge is 2.43. The maximum Gasteiger partial charge on any atom is 0.383 e. The molecule has 3 aliphatic heterocycles. The average Bonchev–Trinajstić information content (AvgIpc) is 3.49. The van der Waals surface area contributed by atoms with Crippen LogP contribution in [0.2, 0.25) is 0 Å². The summed E-state index contributed by atoms with van der Waals surface area (Å²) in [7, 11) is 1.48. The van der Waals surface area contributed by atoms with Gasteiger partial charge in [-0.15, -0.1) is 4.80 Å². The van der Waals surface area contributed by atoms with E-state index in [1.165, 1.54) is 30.4 Å². The molecule has 40 heavy (non-hydrogen) atoms. The topological polar surface area (TPSA) is 124 Å². The normalized spacial score (nSPS) is 23.9. The first-order chi connectivity index (χ1) is 19.2. The predicted molar refractivity (Wildman–Crippen MR) is 142 cm³/mol. The van der Waals surface area contributed by atoms with Crippen LogP contribution in [0.25, 0.3) is 5.69 Å². The van der Waals surface area contributed by atoms with Gasteiger partial charge in [0, 0.05) is 43.8 Å². The van der Waals surface area contributed by atoms with E-state index < -0.39 is 17.3 Å². The molecule has 1 unspecified atom stereocenters. The van der Waals surface area contributed by atoms with Crippen molar-refractivity contribution >= 4 is 17.5 Å². The van der Waals surface area contributed by atoms with Crippen molar-refractivity contribution in [3.8, 4) is 11.4 Å². The van der Waals surface area contributed by atoms with Gasteiger partial charge in [-0.2, -0.15) is 4.98 Å². The molecule has 1 aromatic carbocycles. The Kier molecular flexibility index (Phi) is 6.90. The van der Waals surface area contributed by atoms with Crippen LogP contribution in [0.4, 0.5) is 26.2 Å². The molecule has 0 bridgehead atoms. The fraction of sp³-hybridized carbons (Fsp3) is 0.577. The Bertz CT molecular complexity index is 1460. The number of nitrogens with zero attached hydrogens (tertiary/aromatic N) is 7. The van der Waals surface area contributed by atoms with Gasteiger partial charge in [0.15, 0.2) is 17.5 Å². The Morgan fingerprint density at radius 2 is 2.05 bits per heavy atom.